The normalized spacial score (nSPS) is 16.0. The van der Waals surface area contributed by atoms with Gasteiger partial charge in [-0.05, 0) is 54.1 Å². The van der Waals surface area contributed by atoms with Crippen LogP contribution in [0.1, 0.15) is 48.6 Å². The van der Waals surface area contributed by atoms with Crippen molar-refractivity contribution in [2.75, 3.05) is 25.2 Å². The number of anilines is 1. The fourth-order valence-corrected chi connectivity index (χ4v) is 5.69. The van der Waals surface area contributed by atoms with E-state index in [-0.39, 0.29) is 24.3 Å². The van der Waals surface area contributed by atoms with Crippen molar-refractivity contribution in [1.82, 2.24) is 5.32 Å². The Balaban J connectivity index is 1.56. The monoisotopic (exact) mass is 520 g/mol. The summed E-state index contributed by atoms with van der Waals surface area (Å²) in [6.07, 6.45) is 5.48. The first kappa shape index (κ1) is 25.1. The number of nitrogens with zero attached hydrogens (tertiary/aromatic N) is 1. The van der Waals surface area contributed by atoms with E-state index in [1.165, 1.54) is 17.8 Å². The molecule has 2 aliphatic rings. The summed E-state index contributed by atoms with van der Waals surface area (Å²) in [4.78, 5) is 30.5. The number of nitrogens with one attached hydrogen (secondary N) is 1. The highest BCUT2D eigenvalue weighted by Crippen LogP contribution is 2.38. The Morgan fingerprint density at radius 2 is 1.78 bits per heavy atom. The third kappa shape index (κ3) is 5.91. The van der Waals surface area contributed by atoms with Crippen LogP contribution in [0.15, 0.2) is 60.0 Å². The lowest BCUT2D eigenvalue weighted by Crippen LogP contribution is -2.47. The highest BCUT2D eigenvalue weighted by Gasteiger charge is 2.35. The summed E-state index contributed by atoms with van der Waals surface area (Å²) in [5.74, 6) is 1.53. The molecule has 37 heavy (non-hydrogen) atoms. The minimum atomic E-state index is -0.858. The summed E-state index contributed by atoms with van der Waals surface area (Å²) in [6.45, 7) is 0.912. The lowest BCUT2D eigenvalue weighted by molar-refractivity contribution is -0.127. The molecule has 5 rings (SSSR count). The van der Waals surface area contributed by atoms with Gasteiger partial charge in [-0.2, -0.15) is 0 Å². The van der Waals surface area contributed by atoms with Crippen LogP contribution in [0.4, 0.5) is 5.69 Å². The first-order valence-electron chi connectivity index (χ1n) is 12.8. The van der Waals surface area contributed by atoms with Crippen LogP contribution in [0.2, 0.25) is 0 Å². The lowest BCUT2D eigenvalue weighted by atomic mass is 9.94. The standard InChI is InChI=1S/C29H32N2O5S/c1-34-23-12-9-20(10-13-23)28(29(33)30-21-6-3-2-4-7-21)31(27(32)19-24-8-5-17-37-24)22-11-14-25-26(18-22)36-16-15-35-25/h5,8-14,17-18,21,28H,2-4,6-7,15-16,19H2,1H3,(H,30,33)/t28-/m0/s1. The third-order valence-corrected chi connectivity index (χ3v) is 7.74. The van der Waals surface area contributed by atoms with E-state index in [9.17, 15) is 9.59 Å². The number of carbonyl (C=O) groups excluding carboxylic acids is 2. The molecule has 0 bridgehead atoms. The van der Waals surface area contributed by atoms with E-state index in [4.69, 9.17) is 14.2 Å². The van der Waals surface area contributed by atoms with E-state index >= 15 is 0 Å². The molecule has 0 spiro atoms. The molecule has 0 saturated heterocycles. The molecule has 3 aromatic rings. The smallest absolute Gasteiger partial charge is 0.248 e. The maximum absolute atomic E-state index is 14.0. The molecule has 1 aliphatic heterocycles. The topological polar surface area (TPSA) is 77.1 Å². The van der Waals surface area contributed by atoms with Crippen LogP contribution in [0, 0.1) is 0 Å². The fourth-order valence-electron chi connectivity index (χ4n) is 5.00. The molecule has 1 aromatic heterocycles. The molecule has 1 saturated carbocycles. The minimum absolute atomic E-state index is 0.108. The Kier molecular flexibility index (Phi) is 7.94. The second-order valence-corrected chi connectivity index (χ2v) is 10.4. The van der Waals surface area contributed by atoms with Crippen molar-refractivity contribution in [3.8, 4) is 17.2 Å². The Hall–Kier alpha value is -3.52. The summed E-state index contributed by atoms with van der Waals surface area (Å²) in [7, 11) is 1.61. The zero-order chi connectivity index (χ0) is 25.6. The van der Waals surface area contributed by atoms with Crippen molar-refractivity contribution in [2.45, 2.75) is 50.6 Å². The van der Waals surface area contributed by atoms with Gasteiger partial charge in [0.05, 0.1) is 13.5 Å². The van der Waals surface area contributed by atoms with Crippen molar-refractivity contribution in [2.24, 2.45) is 0 Å². The molecule has 7 nitrogen and oxygen atoms in total. The number of thiophene rings is 1. The largest absolute Gasteiger partial charge is 0.497 e. The maximum Gasteiger partial charge on any atom is 0.248 e. The number of hydrogen-bond acceptors (Lipinski definition) is 6. The first-order valence-corrected chi connectivity index (χ1v) is 13.7. The number of rotatable bonds is 8. The van der Waals surface area contributed by atoms with Crippen LogP contribution in [-0.2, 0) is 16.0 Å². The van der Waals surface area contributed by atoms with Gasteiger partial charge in [0.15, 0.2) is 11.5 Å². The molecular formula is C29H32N2O5S. The van der Waals surface area contributed by atoms with Crippen LogP contribution in [-0.4, -0.2) is 38.2 Å². The molecule has 2 heterocycles. The summed E-state index contributed by atoms with van der Waals surface area (Å²) in [6, 6.07) is 15.9. The third-order valence-electron chi connectivity index (χ3n) is 6.87. The zero-order valence-electron chi connectivity index (χ0n) is 21.0. The van der Waals surface area contributed by atoms with Crippen LogP contribution in [0.5, 0.6) is 17.2 Å². The lowest BCUT2D eigenvalue weighted by Gasteiger charge is -2.34. The van der Waals surface area contributed by atoms with Crippen LogP contribution in [0.25, 0.3) is 0 Å². The molecule has 1 atom stereocenters. The van der Waals surface area contributed by atoms with Crippen molar-refractivity contribution >= 4 is 28.8 Å². The van der Waals surface area contributed by atoms with Gasteiger partial charge in [-0.15, -0.1) is 11.3 Å². The van der Waals surface area contributed by atoms with Gasteiger partial charge in [-0.25, -0.2) is 0 Å². The molecule has 0 radical (unpaired) electrons. The van der Waals surface area contributed by atoms with Gasteiger partial charge < -0.3 is 19.5 Å². The van der Waals surface area contributed by atoms with Crippen LogP contribution in [0.3, 0.4) is 0 Å². The number of hydrogen-bond donors (Lipinski definition) is 1. The minimum Gasteiger partial charge on any atom is -0.497 e. The summed E-state index contributed by atoms with van der Waals surface area (Å²) in [5, 5.41) is 5.21. The number of amides is 2. The summed E-state index contributed by atoms with van der Waals surface area (Å²) in [5.41, 5.74) is 1.30. The second kappa shape index (κ2) is 11.7. The van der Waals surface area contributed by atoms with E-state index in [0.717, 1.165) is 30.6 Å². The molecule has 0 unspecified atom stereocenters. The van der Waals surface area contributed by atoms with Crippen LogP contribution >= 0.6 is 11.3 Å². The van der Waals surface area contributed by atoms with E-state index < -0.39 is 6.04 Å². The molecule has 194 valence electrons. The Morgan fingerprint density at radius 1 is 1.03 bits per heavy atom. The number of methoxy groups -OCH3 is 1. The maximum atomic E-state index is 14.0. The van der Waals surface area contributed by atoms with Gasteiger partial charge >= 0.3 is 0 Å². The van der Waals surface area contributed by atoms with Gasteiger partial charge in [-0.3, -0.25) is 14.5 Å². The number of carbonyl (C=O) groups is 2. The average molecular weight is 521 g/mol. The van der Waals surface area contributed by atoms with Crippen molar-refractivity contribution < 1.29 is 23.8 Å². The zero-order valence-corrected chi connectivity index (χ0v) is 21.8. The van der Waals surface area contributed by atoms with Gasteiger partial charge in [0.2, 0.25) is 11.8 Å². The molecule has 1 aliphatic carbocycles. The van der Waals surface area contributed by atoms with E-state index in [1.807, 2.05) is 47.8 Å². The van der Waals surface area contributed by atoms with Crippen molar-refractivity contribution in [1.29, 1.82) is 0 Å². The Labute approximate surface area is 221 Å². The fraction of sp³-hybridized carbons (Fsp3) is 0.379. The second-order valence-electron chi connectivity index (χ2n) is 9.37. The van der Waals surface area contributed by atoms with Gasteiger partial charge in [0, 0.05) is 22.7 Å². The van der Waals surface area contributed by atoms with Gasteiger partial charge in [0.1, 0.15) is 25.0 Å². The molecule has 1 N–H and O–H groups in total. The molecular weight excluding hydrogens is 488 g/mol. The molecule has 1 fully saturated rings. The highest BCUT2D eigenvalue weighted by atomic mass is 32.1. The Morgan fingerprint density at radius 3 is 2.49 bits per heavy atom. The van der Waals surface area contributed by atoms with Gasteiger partial charge in [0.25, 0.3) is 0 Å². The molecule has 2 aromatic carbocycles. The van der Waals surface area contributed by atoms with Gasteiger partial charge in [-0.1, -0.05) is 37.5 Å². The predicted octanol–water partition coefficient (Wildman–Crippen LogP) is 5.29. The average Bonchev–Trinajstić information content (AvgIpc) is 3.45. The number of ether oxygens (including phenoxy) is 3. The quantitative estimate of drug-likeness (QED) is 0.437. The van der Waals surface area contributed by atoms with E-state index in [2.05, 4.69) is 5.32 Å². The first-order chi connectivity index (χ1) is 18.1. The highest BCUT2D eigenvalue weighted by molar-refractivity contribution is 7.10. The van der Waals surface area contributed by atoms with E-state index in [0.29, 0.717) is 41.7 Å². The van der Waals surface area contributed by atoms with Crippen molar-refractivity contribution in [3.05, 3.63) is 70.4 Å². The van der Waals surface area contributed by atoms with E-state index in [1.54, 1.807) is 24.1 Å². The number of benzene rings is 2. The van der Waals surface area contributed by atoms with Crippen molar-refractivity contribution in [3.63, 3.8) is 0 Å². The SMILES string of the molecule is COc1ccc([C@@H](C(=O)NC2CCCCC2)N(C(=O)Cc2cccs2)c2ccc3c(c2)OCCO3)cc1. The molecule has 2 amide bonds. The summed E-state index contributed by atoms with van der Waals surface area (Å²) < 4.78 is 16.9. The summed E-state index contributed by atoms with van der Waals surface area (Å²) >= 11 is 1.53. The number of fused-ring (bicyclic) bond motifs is 1. The molecule has 8 heteroatoms. The predicted molar refractivity (Wildman–Crippen MR) is 144 cm³/mol. The Bertz CT molecular complexity index is 1210. The van der Waals surface area contributed by atoms with Crippen LogP contribution < -0.4 is 24.4 Å².